The van der Waals surface area contributed by atoms with E-state index in [9.17, 15) is 9.90 Å². The molecule has 0 aliphatic heterocycles. The minimum absolute atomic E-state index is 0.0652. The van der Waals surface area contributed by atoms with E-state index in [1.165, 1.54) is 19.3 Å². The van der Waals surface area contributed by atoms with Crippen LogP contribution in [-0.4, -0.2) is 33.3 Å². The van der Waals surface area contributed by atoms with Crippen molar-refractivity contribution in [3.63, 3.8) is 0 Å². The Hall–Kier alpha value is -1.43. The van der Waals surface area contributed by atoms with E-state index in [1.807, 2.05) is 0 Å². The number of rotatable bonds is 6. The number of aryl methyl sites for hydroxylation is 1. The minimum Gasteiger partial charge on any atom is -0.388 e. The van der Waals surface area contributed by atoms with Crippen LogP contribution in [0.3, 0.4) is 0 Å². The second kappa shape index (κ2) is 7.43. The van der Waals surface area contributed by atoms with E-state index < -0.39 is 5.60 Å². The number of hydrogen-bond acceptors (Lipinski definition) is 5. The van der Waals surface area contributed by atoms with E-state index in [2.05, 4.69) is 15.5 Å². The summed E-state index contributed by atoms with van der Waals surface area (Å²) in [7, 11) is 0. The molecule has 128 valence electrons. The number of carbonyl (C=O) groups excluding carboxylic acids is 1. The highest BCUT2D eigenvalue weighted by Gasteiger charge is 2.29. The Morgan fingerprint density at radius 2 is 1.96 bits per heavy atom. The van der Waals surface area contributed by atoms with Crippen molar-refractivity contribution in [3.05, 3.63) is 11.7 Å². The third-order valence-corrected chi connectivity index (χ3v) is 5.17. The zero-order valence-corrected chi connectivity index (χ0v) is 13.7. The molecule has 2 aliphatic carbocycles. The zero-order valence-electron chi connectivity index (χ0n) is 13.7. The Labute approximate surface area is 137 Å². The van der Waals surface area contributed by atoms with Crippen LogP contribution in [-0.2, 0) is 11.2 Å². The number of hydrogen-bond donors (Lipinski definition) is 2. The predicted octanol–water partition coefficient (Wildman–Crippen LogP) is 2.47. The van der Waals surface area contributed by atoms with Crippen molar-refractivity contribution in [1.82, 2.24) is 15.5 Å². The molecule has 1 amide bonds. The van der Waals surface area contributed by atoms with Crippen molar-refractivity contribution in [2.45, 2.75) is 82.1 Å². The van der Waals surface area contributed by atoms with Gasteiger partial charge in [0.15, 0.2) is 5.82 Å². The van der Waals surface area contributed by atoms with E-state index in [1.54, 1.807) is 0 Å². The number of aliphatic hydroxyl groups is 1. The Morgan fingerprint density at radius 1 is 1.22 bits per heavy atom. The summed E-state index contributed by atoms with van der Waals surface area (Å²) >= 11 is 0. The lowest BCUT2D eigenvalue weighted by Gasteiger charge is -2.32. The van der Waals surface area contributed by atoms with Gasteiger partial charge in [-0.15, -0.1) is 0 Å². The quantitative estimate of drug-likeness (QED) is 0.840. The average molecular weight is 321 g/mol. The van der Waals surface area contributed by atoms with Crippen molar-refractivity contribution in [3.8, 4) is 0 Å². The minimum atomic E-state index is -0.714. The van der Waals surface area contributed by atoms with Crippen molar-refractivity contribution in [2.75, 3.05) is 6.54 Å². The lowest BCUT2D eigenvalue weighted by molar-refractivity contribution is -0.122. The highest BCUT2D eigenvalue weighted by Crippen LogP contribution is 2.32. The second-order valence-electron chi connectivity index (χ2n) is 7.09. The molecule has 3 rings (SSSR count). The molecular formula is C17H27N3O3. The van der Waals surface area contributed by atoms with Gasteiger partial charge in [-0.2, -0.15) is 4.98 Å². The Morgan fingerprint density at radius 3 is 2.70 bits per heavy atom. The molecule has 6 heteroatoms. The van der Waals surface area contributed by atoms with Crippen LogP contribution in [0.25, 0.3) is 0 Å². The number of nitrogens with one attached hydrogen (secondary N) is 1. The number of aromatic nitrogens is 2. The molecule has 0 spiro atoms. The summed E-state index contributed by atoms with van der Waals surface area (Å²) in [5.74, 6) is 1.71. The molecule has 0 bridgehead atoms. The van der Waals surface area contributed by atoms with Crippen LogP contribution in [0.4, 0.5) is 0 Å². The maximum Gasteiger partial charge on any atom is 0.227 e. The van der Waals surface area contributed by atoms with E-state index in [4.69, 9.17) is 4.52 Å². The van der Waals surface area contributed by atoms with Crippen LogP contribution in [0.5, 0.6) is 0 Å². The Kier molecular flexibility index (Phi) is 5.30. The van der Waals surface area contributed by atoms with E-state index in [-0.39, 0.29) is 5.91 Å². The van der Waals surface area contributed by atoms with Gasteiger partial charge in [0.25, 0.3) is 0 Å². The van der Waals surface area contributed by atoms with Gasteiger partial charge in [0.1, 0.15) is 0 Å². The number of carbonyl (C=O) groups is 1. The largest absolute Gasteiger partial charge is 0.388 e. The van der Waals surface area contributed by atoms with Crippen molar-refractivity contribution >= 4 is 5.91 Å². The van der Waals surface area contributed by atoms with Gasteiger partial charge in [0.2, 0.25) is 11.8 Å². The van der Waals surface area contributed by atoms with Gasteiger partial charge >= 0.3 is 0 Å². The normalized spacial score (nSPS) is 21.4. The van der Waals surface area contributed by atoms with Crippen LogP contribution in [0, 0.1) is 0 Å². The molecule has 6 nitrogen and oxygen atoms in total. The van der Waals surface area contributed by atoms with Crippen molar-refractivity contribution < 1.29 is 14.4 Å². The van der Waals surface area contributed by atoms with E-state index in [0.29, 0.717) is 31.2 Å². The van der Waals surface area contributed by atoms with Crippen LogP contribution in [0.15, 0.2) is 4.52 Å². The standard InChI is InChI=1S/C17H27N3O3/c21-14(18-12-17(22)10-4-1-5-11-17)8-9-15-19-16(20-23-15)13-6-2-3-7-13/h13,22H,1-12H2,(H,18,21). The first kappa shape index (κ1) is 16.4. The fourth-order valence-corrected chi connectivity index (χ4v) is 3.68. The second-order valence-corrected chi connectivity index (χ2v) is 7.09. The van der Waals surface area contributed by atoms with Gasteiger partial charge in [-0.05, 0) is 25.7 Å². The van der Waals surface area contributed by atoms with Crippen LogP contribution < -0.4 is 5.32 Å². The zero-order chi connectivity index (χ0) is 16.1. The SMILES string of the molecule is O=C(CCc1nc(C2CCCC2)no1)NCC1(O)CCCCC1. The number of amides is 1. The average Bonchev–Trinajstić information content (AvgIpc) is 3.23. The third kappa shape index (κ3) is 4.53. The Balaban J connectivity index is 1.40. The molecule has 0 atom stereocenters. The summed E-state index contributed by atoms with van der Waals surface area (Å²) in [4.78, 5) is 16.4. The fourth-order valence-electron chi connectivity index (χ4n) is 3.68. The van der Waals surface area contributed by atoms with Gasteiger partial charge in [-0.25, -0.2) is 0 Å². The summed E-state index contributed by atoms with van der Waals surface area (Å²) in [6, 6.07) is 0. The molecule has 1 aromatic rings. The molecule has 1 aromatic heterocycles. The Bertz CT molecular complexity index is 517. The van der Waals surface area contributed by atoms with E-state index >= 15 is 0 Å². The van der Waals surface area contributed by atoms with Gasteiger partial charge in [0, 0.05) is 25.3 Å². The van der Waals surface area contributed by atoms with Crippen molar-refractivity contribution in [2.24, 2.45) is 0 Å². The first-order chi connectivity index (χ1) is 11.1. The summed E-state index contributed by atoms with van der Waals surface area (Å²) in [5, 5.41) is 17.3. The number of nitrogens with zero attached hydrogens (tertiary/aromatic N) is 2. The molecule has 2 N–H and O–H groups in total. The molecule has 0 aromatic carbocycles. The van der Waals surface area contributed by atoms with Crippen LogP contribution >= 0.6 is 0 Å². The van der Waals surface area contributed by atoms with Gasteiger partial charge in [-0.3, -0.25) is 4.79 Å². The van der Waals surface area contributed by atoms with Gasteiger partial charge in [-0.1, -0.05) is 37.3 Å². The summed E-state index contributed by atoms with van der Waals surface area (Å²) in [6.07, 6.45) is 10.3. The highest BCUT2D eigenvalue weighted by molar-refractivity contribution is 5.76. The molecule has 2 fully saturated rings. The summed E-state index contributed by atoms with van der Waals surface area (Å²) < 4.78 is 5.25. The van der Waals surface area contributed by atoms with Crippen molar-refractivity contribution in [1.29, 1.82) is 0 Å². The molecule has 0 radical (unpaired) electrons. The van der Waals surface area contributed by atoms with Gasteiger partial charge < -0.3 is 14.9 Å². The molecule has 2 saturated carbocycles. The van der Waals surface area contributed by atoms with Crippen LogP contribution in [0.2, 0.25) is 0 Å². The first-order valence-corrected chi connectivity index (χ1v) is 8.96. The topological polar surface area (TPSA) is 88.2 Å². The van der Waals surface area contributed by atoms with Crippen LogP contribution in [0.1, 0.15) is 81.8 Å². The summed E-state index contributed by atoms with van der Waals surface area (Å²) in [5.41, 5.74) is -0.714. The molecule has 0 saturated heterocycles. The highest BCUT2D eigenvalue weighted by atomic mass is 16.5. The summed E-state index contributed by atoms with van der Waals surface area (Å²) in [6.45, 7) is 0.350. The first-order valence-electron chi connectivity index (χ1n) is 8.96. The molecule has 0 unspecified atom stereocenters. The predicted molar refractivity (Wildman–Crippen MR) is 84.9 cm³/mol. The third-order valence-electron chi connectivity index (χ3n) is 5.17. The van der Waals surface area contributed by atoms with Gasteiger partial charge in [0.05, 0.1) is 5.60 Å². The molecule has 2 aliphatic rings. The maximum absolute atomic E-state index is 12.0. The molecule has 1 heterocycles. The molecular weight excluding hydrogens is 294 g/mol. The maximum atomic E-state index is 12.0. The molecule has 23 heavy (non-hydrogen) atoms. The smallest absolute Gasteiger partial charge is 0.227 e. The lowest BCUT2D eigenvalue weighted by Crippen LogP contribution is -2.44. The van der Waals surface area contributed by atoms with E-state index in [0.717, 1.165) is 44.3 Å². The monoisotopic (exact) mass is 321 g/mol. The lowest BCUT2D eigenvalue weighted by atomic mass is 9.85. The fraction of sp³-hybridized carbons (Fsp3) is 0.824.